The number of esters is 2. The summed E-state index contributed by atoms with van der Waals surface area (Å²) in [5.41, 5.74) is 12.0. The highest BCUT2D eigenvalue weighted by molar-refractivity contribution is 5.91. The summed E-state index contributed by atoms with van der Waals surface area (Å²) in [6, 6.07) is 12.0. The smallest absolute Gasteiger partial charge is 0.426 e. The molecule has 0 fully saturated rings. The lowest BCUT2D eigenvalue weighted by Crippen LogP contribution is -2.22. The predicted octanol–water partition coefficient (Wildman–Crippen LogP) is 7.81. The lowest BCUT2D eigenvalue weighted by Gasteiger charge is -2.19. The van der Waals surface area contributed by atoms with Gasteiger partial charge in [-0.15, -0.1) is 0 Å². The molecule has 3 aromatic rings. The number of halogens is 6. The van der Waals surface area contributed by atoms with Gasteiger partial charge in [-0.25, -0.2) is 14.0 Å². The molecule has 3 rings (SSSR count). The van der Waals surface area contributed by atoms with Crippen LogP contribution in [0.5, 0.6) is 11.5 Å². The molecule has 0 atom stereocenters. The zero-order chi connectivity index (χ0) is 34.5. The Morgan fingerprint density at radius 1 is 0.745 bits per heavy atom. The Morgan fingerprint density at radius 3 is 2.00 bits per heavy atom. The van der Waals surface area contributed by atoms with E-state index in [1.165, 1.54) is 54.6 Å². The molecule has 0 unspecified atom stereocenters. The summed E-state index contributed by atoms with van der Waals surface area (Å²) in [4.78, 5) is 24.0. The molecule has 0 aliphatic heterocycles. The average Bonchev–Trinajstić information content (AvgIpc) is 2.99. The average molecular weight is 669 g/mol. The molecule has 0 bridgehead atoms. The maximum absolute atomic E-state index is 14.6. The highest BCUT2D eigenvalue weighted by atomic mass is 19.4. The third-order valence-corrected chi connectivity index (χ3v) is 6.40. The van der Waals surface area contributed by atoms with Gasteiger partial charge in [0.05, 0.1) is 30.9 Å². The maximum Gasteiger partial charge on any atom is 0.426 e. The second-order valence-electron chi connectivity index (χ2n) is 10.3. The van der Waals surface area contributed by atoms with Crippen LogP contribution in [-0.2, 0) is 20.4 Å². The van der Waals surface area contributed by atoms with E-state index in [-0.39, 0.29) is 24.5 Å². The van der Waals surface area contributed by atoms with E-state index in [0.29, 0.717) is 35.8 Å². The molecular weight excluding hydrogens is 634 g/mol. The van der Waals surface area contributed by atoms with E-state index in [9.17, 15) is 35.9 Å². The quantitative estimate of drug-likeness (QED) is 0.0491. The zero-order valence-corrected chi connectivity index (χ0v) is 25.2. The van der Waals surface area contributed by atoms with Gasteiger partial charge in [0, 0.05) is 23.9 Å². The second-order valence-corrected chi connectivity index (χ2v) is 10.3. The Morgan fingerprint density at radius 2 is 1.38 bits per heavy atom. The molecule has 0 aromatic heterocycles. The van der Waals surface area contributed by atoms with Crippen molar-refractivity contribution in [3.8, 4) is 11.5 Å². The summed E-state index contributed by atoms with van der Waals surface area (Å²) >= 11 is 0. The van der Waals surface area contributed by atoms with E-state index in [1.807, 2.05) is 0 Å². The van der Waals surface area contributed by atoms with E-state index in [4.69, 9.17) is 30.4 Å². The van der Waals surface area contributed by atoms with Crippen molar-refractivity contribution in [2.75, 3.05) is 31.3 Å². The van der Waals surface area contributed by atoms with Gasteiger partial charge in [-0.1, -0.05) is 12.1 Å². The number of hydrogen-bond donors (Lipinski definition) is 2. The molecule has 0 aliphatic rings. The fourth-order valence-electron chi connectivity index (χ4n) is 4.09. The number of ether oxygens (including phenoxy) is 4. The minimum absolute atomic E-state index is 0.180. The summed E-state index contributed by atoms with van der Waals surface area (Å²) in [6.45, 7) is -0.0377. The molecule has 254 valence electrons. The first-order valence-electron chi connectivity index (χ1n) is 14.6. The van der Waals surface area contributed by atoms with Crippen LogP contribution in [0.15, 0.2) is 66.7 Å². The van der Waals surface area contributed by atoms with E-state index >= 15 is 0 Å². The summed E-state index contributed by atoms with van der Waals surface area (Å²) in [5, 5.41) is 0. The van der Waals surface area contributed by atoms with Crippen LogP contribution in [0, 0.1) is 5.82 Å². The van der Waals surface area contributed by atoms with Gasteiger partial charge < -0.3 is 30.4 Å². The molecule has 14 heteroatoms. The molecule has 0 aliphatic carbocycles. The van der Waals surface area contributed by atoms with Crippen molar-refractivity contribution in [2.45, 2.75) is 50.8 Å². The summed E-state index contributed by atoms with van der Waals surface area (Å²) in [5.74, 6) is -2.99. The molecule has 0 saturated heterocycles. The fourth-order valence-corrected chi connectivity index (χ4v) is 4.09. The highest BCUT2D eigenvalue weighted by Gasteiger charge is 2.35. The lowest BCUT2D eigenvalue weighted by molar-refractivity contribution is -0.185. The van der Waals surface area contributed by atoms with Gasteiger partial charge in [0.1, 0.15) is 5.75 Å². The van der Waals surface area contributed by atoms with Crippen LogP contribution in [-0.4, -0.2) is 37.9 Å². The minimum Gasteiger partial charge on any atom is -0.491 e. The number of hydrogen-bond acceptors (Lipinski definition) is 8. The number of carbonyl (C=O) groups excluding carboxylic acids is 2. The molecule has 0 radical (unpaired) electrons. The number of anilines is 2. The Kier molecular flexibility index (Phi) is 13.4. The van der Waals surface area contributed by atoms with Crippen LogP contribution >= 0.6 is 0 Å². The molecule has 0 amide bonds. The van der Waals surface area contributed by atoms with Crippen molar-refractivity contribution in [3.05, 3.63) is 89.2 Å². The first-order chi connectivity index (χ1) is 22.2. The minimum atomic E-state index is -4.38. The van der Waals surface area contributed by atoms with Gasteiger partial charge in [-0.3, -0.25) is 0 Å². The van der Waals surface area contributed by atoms with Crippen LogP contribution in [0.4, 0.5) is 37.7 Å². The van der Waals surface area contributed by atoms with Gasteiger partial charge in [0.2, 0.25) is 0 Å². The highest BCUT2D eigenvalue weighted by Crippen LogP contribution is 2.34. The van der Waals surface area contributed by atoms with Gasteiger partial charge in [-0.05, 0) is 92.3 Å². The Labute approximate surface area is 267 Å². The number of nitrogens with two attached hydrogens (primary N) is 2. The second kappa shape index (κ2) is 17.2. The maximum atomic E-state index is 14.6. The predicted molar refractivity (Wildman–Crippen MR) is 162 cm³/mol. The first kappa shape index (κ1) is 36.6. The van der Waals surface area contributed by atoms with Crippen LogP contribution in [0.2, 0.25) is 0 Å². The van der Waals surface area contributed by atoms with E-state index < -0.39 is 60.8 Å². The van der Waals surface area contributed by atoms with Crippen LogP contribution in [0.3, 0.4) is 0 Å². The van der Waals surface area contributed by atoms with Gasteiger partial charge >= 0.3 is 24.2 Å². The topological polar surface area (TPSA) is 123 Å². The molecule has 0 spiro atoms. The Bertz CT molecular complexity index is 1490. The number of unbranched alkanes of at least 4 members (excludes halogenated alkanes) is 3. The SMILES string of the molecule is Nc1cc(N)cc(C(=O)OCCCCCCOC(=O)C=Cc2ccc(OC(F)(F)c3ccc(OCCCC(F)(F)F)c(F)c3)cc2)c1. The zero-order valence-electron chi connectivity index (χ0n) is 25.2. The summed E-state index contributed by atoms with van der Waals surface area (Å²) in [6.07, 6.45) is -4.54. The third-order valence-electron chi connectivity index (χ3n) is 6.40. The van der Waals surface area contributed by atoms with Crippen molar-refractivity contribution in [3.63, 3.8) is 0 Å². The Balaban J connectivity index is 1.34. The molecule has 47 heavy (non-hydrogen) atoms. The molecule has 4 N–H and O–H groups in total. The van der Waals surface area contributed by atoms with Gasteiger partial charge in [-0.2, -0.15) is 22.0 Å². The van der Waals surface area contributed by atoms with Crippen LogP contribution in [0.25, 0.3) is 6.08 Å². The fraction of sp³-hybridized carbons (Fsp3) is 0.333. The number of nitrogen functional groups attached to an aromatic ring is 2. The van der Waals surface area contributed by atoms with Gasteiger partial charge in [0.25, 0.3) is 0 Å². The van der Waals surface area contributed by atoms with Crippen molar-refractivity contribution in [1.29, 1.82) is 0 Å². The van der Waals surface area contributed by atoms with Crippen molar-refractivity contribution in [2.24, 2.45) is 0 Å². The molecule has 3 aromatic carbocycles. The summed E-state index contributed by atoms with van der Waals surface area (Å²) < 4.78 is 100. The number of alkyl halides is 5. The van der Waals surface area contributed by atoms with Crippen LogP contribution < -0.4 is 20.9 Å². The largest absolute Gasteiger partial charge is 0.491 e. The first-order valence-corrected chi connectivity index (χ1v) is 14.6. The number of benzene rings is 3. The number of carbonyl (C=O) groups is 2. The van der Waals surface area contributed by atoms with E-state index in [0.717, 1.165) is 25.0 Å². The number of rotatable bonds is 17. The monoisotopic (exact) mass is 668 g/mol. The van der Waals surface area contributed by atoms with E-state index in [2.05, 4.69) is 0 Å². The van der Waals surface area contributed by atoms with E-state index in [1.54, 1.807) is 0 Å². The Hall–Kier alpha value is -4.88. The third kappa shape index (κ3) is 13.2. The van der Waals surface area contributed by atoms with Crippen molar-refractivity contribution >= 4 is 29.4 Å². The lowest BCUT2D eigenvalue weighted by atomic mass is 10.2. The molecule has 0 saturated carbocycles. The molecule has 8 nitrogen and oxygen atoms in total. The molecular formula is C33H34F6N2O6. The van der Waals surface area contributed by atoms with Crippen LogP contribution in [0.1, 0.15) is 60.0 Å². The van der Waals surface area contributed by atoms with Gasteiger partial charge in [0.15, 0.2) is 11.6 Å². The normalized spacial score (nSPS) is 11.8. The van der Waals surface area contributed by atoms with Crippen molar-refractivity contribution in [1.82, 2.24) is 0 Å². The van der Waals surface area contributed by atoms with Crippen molar-refractivity contribution < 1.29 is 54.9 Å². The standard InChI is InChI=1S/C33H34F6N2O6/c34-28-20-24(9-12-29(28)44-17-5-14-32(35,36)37)33(38,39)47-27-10-6-22(7-11-27)8-13-30(42)45-15-3-1-2-4-16-46-31(43)23-18-25(40)21-26(41)19-23/h6-13,18-21H,1-5,14-17,40-41H2. The summed E-state index contributed by atoms with van der Waals surface area (Å²) in [7, 11) is 0. The molecule has 0 heterocycles.